The number of pyridine rings is 1. The smallest absolute Gasteiger partial charge is 0.329 e. The molecule has 130 valence electrons. The van der Waals surface area contributed by atoms with Crippen molar-refractivity contribution in [2.75, 3.05) is 13.1 Å². The van der Waals surface area contributed by atoms with E-state index in [1.807, 2.05) is 6.92 Å². The monoisotopic (exact) mass is 326 g/mol. The Bertz CT molecular complexity index is 582. The van der Waals surface area contributed by atoms with Gasteiger partial charge in [-0.2, -0.15) is 0 Å². The Morgan fingerprint density at radius 2 is 2.04 bits per heavy atom. The zero-order valence-electron chi connectivity index (χ0n) is 13.9. The van der Waals surface area contributed by atoms with Gasteiger partial charge in [-0.1, -0.05) is 20.3 Å². The summed E-state index contributed by atoms with van der Waals surface area (Å²) in [5.74, 6) is -1.75. The van der Waals surface area contributed by atoms with Gasteiger partial charge in [-0.15, -0.1) is 0 Å². The molecular formula is C16H26N2O5. The molecule has 0 aliphatic heterocycles. The fourth-order valence-electron chi connectivity index (χ4n) is 2.48. The number of carboxylic acid groups (broad SMARTS) is 1. The molecule has 3 N–H and O–H groups in total. The lowest BCUT2D eigenvalue weighted by Crippen LogP contribution is -2.34. The van der Waals surface area contributed by atoms with E-state index in [4.69, 9.17) is 0 Å². The second kappa shape index (κ2) is 8.69. The van der Waals surface area contributed by atoms with Crippen molar-refractivity contribution >= 4 is 5.97 Å². The minimum atomic E-state index is -1.26. The van der Waals surface area contributed by atoms with Gasteiger partial charge in [0.15, 0.2) is 11.8 Å². The minimum Gasteiger partial charge on any atom is -0.503 e. The van der Waals surface area contributed by atoms with Gasteiger partial charge in [0.05, 0.1) is 12.3 Å². The first-order chi connectivity index (χ1) is 10.8. The zero-order chi connectivity index (χ0) is 17.6. The molecule has 23 heavy (non-hydrogen) atoms. The van der Waals surface area contributed by atoms with Crippen LogP contribution >= 0.6 is 0 Å². The topological polar surface area (TPSA) is 103 Å². The number of nitrogens with zero attached hydrogens (tertiary/aromatic N) is 2. The van der Waals surface area contributed by atoms with Gasteiger partial charge < -0.3 is 19.9 Å². The number of hydrogen-bond donors (Lipinski definition) is 3. The van der Waals surface area contributed by atoms with Gasteiger partial charge in [0, 0.05) is 18.3 Å². The van der Waals surface area contributed by atoms with Crippen molar-refractivity contribution in [3.63, 3.8) is 0 Å². The molecule has 1 aromatic heterocycles. The lowest BCUT2D eigenvalue weighted by atomic mass is 10.1. The van der Waals surface area contributed by atoms with Crippen molar-refractivity contribution in [3.05, 3.63) is 28.2 Å². The van der Waals surface area contributed by atoms with E-state index < -0.39 is 29.3 Å². The third-order valence-electron chi connectivity index (χ3n) is 3.81. The molecule has 1 aromatic rings. The summed E-state index contributed by atoms with van der Waals surface area (Å²) < 4.78 is 1.28. The van der Waals surface area contributed by atoms with Crippen LogP contribution in [0.2, 0.25) is 0 Å². The van der Waals surface area contributed by atoms with Crippen LogP contribution in [0.4, 0.5) is 0 Å². The Kier molecular flexibility index (Phi) is 7.25. The Balaban J connectivity index is 3.26. The third kappa shape index (κ3) is 5.07. The quantitative estimate of drug-likeness (QED) is 0.630. The van der Waals surface area contributed by atoms with Crippen LogP contribution < -0.4 is 5.43 Å². The van der Waals surface area contributed by atoms with Crippen LogP contribution in [0.15, 0.2) is 17.1 Å². The van der Waals surface area contributed by atoms with Crippen molar-refractivity contribution in [1.82, 2.24) is 9.47 Å². The average Bonchev–Trinajstić information content (AvgIpc) is 2.47. The van der Waals surface area contributed by atoms with Gasteiger partial charge in [-0.25, -0.2) is 4.79 Å². The first-order valence-corrected chi connectivity index (χ1v) is 7.89. The van der Waals surface area contributed by atoms with E-state index in [1.165, 1.54) is 17.6 Å². The summed E-state index contributed by atoms with van der Waals surface area (Å²) in [4.78, 5) is 25.3. The second-order valence-electron chi connectivity index (χ2n) is 5.67. The molecule has 0 radical (unpaired) electrons. The van der Waals surface area contributed by atoms with Crippen LogP contribution in [-0.4, -0.2) is 49.9 Å². The van der Waals surface area contributed by atoms with Gasteiger partial charge >= 0.3 is 5.97 Å². The fourth-order valence-corrected chi connectivity index (χ4v) is 2.48. The molecule has 0 spiro atoms. The van der Waals surface area contributed by atoms with E-state index in [0.717, 1.165) is 32.1 Å². The number of aromatic nitrogens is 1. The van der Waals surface area contributed by atoms with Gasteiger partial charge in [-0.3, -0.25) is 9.69 Å². The number of hydrogen-bond acceptors (Lipinski definition) is 5. The normalized spacial score (nSPS) is 14.0. The molecule has 2 atom stereocenters. The zero-order valence-corrected chi connectivity index (χ0v) is 13.9. The molecule has 0 fully saturated rings. The van der Waals surface area contributed by atoms with Crippen LogP contribution in [0.25, 0.3) is 0 Å². The molecule has 0 saturated carbocycles. The summed E-state index contributed by atoms with van der Waals surface area (Å²) in [5, 5.41) is 28.8. The molecular weight excluding hydrogens is 300 g/mol. The van der Waals surface area contributed by atoms with Crippen LogP contribution in [0, 0.1) is 0 Å². The van der Waals surface area contributed by atoms with Crippen LogP contribution in [0.5, 0.6) is 5.75 Å². The maximum Gasteiger partial charge on any atom is 0.329 e. The third-order valence-corrected chi connectivity index (χ3v) is 3.81. The number of aliphatic carboxylic acids is 1. The van der Waals surface area contributed by atoms with Crippen LogP contribution in [-0.2, 0) is 11.3 Å². The van der Waals surface area contributed by atoms with Crippen molar-refractivity contribution in [1.29, 1.82) is 0 Å². The predicted molar refractivity (Wildman–Crippen MR) is 86.6 cm³/mol. The van der Waals surface area contributed by atoms with E-state index >= 15 is 0 Å². The maximum absolute atomic E-state index is 11.7. The highest BCUT2D eigenvalue weighted by Gasteiger charge is 2.27. The highest BCUT2D eigenvalue weighted by Crippen LogP contribution is 2.19. The number of carbonyl (C=O) groups is 1. The molecule has 1 heterocycles. The molecule has 0 saturated heterocycles. The highest BCUT2D eigenvalue weighted by atomic mass is 16.4. The first-order valence-electron chi connectivity index (χ1n) is 7.89. The maximum atomic E-state index is 11.7. The lowest BCUT2D eigenvalue weighted by Gasteiger charge is -2.26. The SMILES string of the molecule is CCCCN(CC)Cc1cc(=O)c(O)cn1C(C(=O)O)C(C)O. The number of rotatable bonds is 9. The van der Waals surface area contributed by atoms with Crippen LogP contribution in [0.1, 0.15) is 45.3 Å². The highest BCUT2D eigenvalue weighted by molar-refractivity contribution is 5.72. The van der Waals surface area contributed by atoms with E-state index in [-0.39, 0.29) is 0 Å². The molecule has 7 heteroatoms. The Hall–Kier alpha value is -1.86. The van der Waals surface area contributed by atoms with Crippen molar-refractivity contribution < 1.29 is 20.1 Å². The number of unbranched alkanes of at least 4 members (excludes halogenated alkanes) is 1. The summed E-state index contributed by atoms with van der Waals surface area (Å²) in [6.07, 6.45) is 1.95. The van der Waals surface area contributed by atoms with Gasteiger partial charge in [-0.05, 0) is 26.4 Å². The first kappa shape index (κ1) is 19.2. The number of carboxylic acids is 1. The van der Waals surface area contributed by atoms with Gasteiger partial charge in [0.25, 0.3) is 0 Å². The average molecular weight is 326 g/mol. The molecule has 0 bridgehead atoms. The lowest BCUT2D eigenvalue weighted by molar-refractivity contribution is -0.144. The molecule has 7 nitrogen and oxygen atoms in total. The van der Waals surface area contributed by atoms with Gasteiger partial charge in [0.2, 0.25) is 5.43 Å². The molecule has 2 unspecified atom stereocenters. The molecule has 0 aromatic carbocycles. The van der Waals surface area contributed by atoms with Crippen LogP contribution in [0.3, 0.4) is 0 Å². The summed E-state index contributed by atoms with van der Waals surface area (Å²) >= 11 is 0. The molecule has 0 aliphatic rings. The second-order valence-corrected chi connectivity index (χ2v) is 5.67. The minimum absolute atomic E-state index is 0.377. The Morgan fingerprint density at radius 1 is 1.39 bits per heavy atom. The summed E-state index contributed by atoms with van der Waals surface area (Å²) in [5.41, 5.74) is -0.100. The van der Waals surface area contributed by atoms with E-state index in [1.54, 1.807) is 0 Å². The number of aliphatic hydroxyl groups excluding tert-OH is 1. The van der Waals surface area contributed by atoms with E-state index in [2.05, 4.69) is 11.8 Å². The summed E-state index contributed by atoms with van der Waals surface area (Å²) in [6, 6.07) is -0.0243. The summed E-state index contributed by atoms with van der Waals surface area (Å²) in [7, 11) is 0. The fraction of sp³-hybridized carbons (Fsp3) is 0.625. The largest absolute Gasteiger partial charge is 0.503 e. The van der Waals surface area contributed by atoms with E-state index in [9.17, 15) is 24.9 Å². The molecule has 1 rings (SSSR count). The molecule has 0 amide bonds. The molecule has 0 aliphatic carbocycles. The Labute approximate surface area is 135 Å². The van der Waals surface area contributed by atoms with Crippen molar-refractivity contribution in [3.8, 4) is 5.75 Å². The number of aliphatic hydroxyl groups is 1. The van der Waals surface area contributed by atoms with Gasteiger partial charge in [0.1, 0.15) is 0 Å². The van der Waals surface area contributed by atoms with Crippen molar-refractivity contribution in [2.45, 2.75) is 52.3 Å². The Morgan fingerprint density at radius 3 is 2.52 bits per heavy atom. The summed E-state index contributed by atoms with van der Waals surface area (Å²) in [6.45, 7) is 7.39. The number of aromatic hydroxyl groups is 1. The predicted octanol–water partition coefficient (Wildman–Crippen LogP) is 1.18. The van der Waals surface area contributed by atoms with E-state index in [0.29, 0.717) is 12.2 Å². The standard InChI is InChI=1S/C16H26N2O5/c1-4-6-7-17(5-2)9-12-8-13(20)14(21)10-18(12)15(11(3)19)16(22)23/h8,10-11,15,19,21H,4-7,9H2,1-3H3,(H,22,23). The van der Waals surface area contributed by atoms with Crippen molar-refractivity contribution in [2.24, 2.45) is 0 Å².